The van der Waals surface area contributed by atoms with E-state index in [0.717, 1.165) is 5.69 Å². The van der Waals surface area contributed by atoms with E-state index in [-0.39, 0.29) is 18.2 Å². The number of anilines is 1. The summed E-state index contributed by atoms with van der Waals surface area (Å²) in [5.41, 5.74) is 1.95. The van der Waals surface area contributed by atoms with E-state index in [0.29, 0.717) is 44.0 Å². The molecular formula is C26H30FN5O4. The third-order valence-corrected chi connectivity index (χ3v) is 6.31. The number of hydrogen-bond acceptors (Lipinski definition) is 5. The molecule has 1 unspecified atom stereocenters. The molecule has 190 valence electrons. The maximum Gasteiger partial charge on any atom is 0.338 e. The van der Waals surface area contributed by atoms with E-state index < -0.39 is 23.9 Å². The van der Waals surface area contributed by atoms with E-state index in [2.05, 4.69) is 15.5 Å². The molecule has 0 saturated carbocycles. The molecule has 1 saturated heterocycles. The van der Waals surface area contributed by atoms with Gasteiger partial charge in [0.25, 0.3) is 0 Å². The van der Waals surface area contributed by atoms with Gasteiger partial charge in [0, 0.05) is 51.2 Å². The fourth-order valence-electron chi connectivity index (χ4n) is 4.38. The number of amides is 4. The SMILES string of the molecule is CCOC(=O)C1=C(CN2CCN(C(=O)Nc3ccccc3)CC2)N(C)C(=O)NC1c1cccc(F)c1. The Morgan fingerprint density at radius 2 is 1.81 bits per heavy atom. The van der Waals surface area contributed by atoms with Crippen LogP contribution in [0.4, 0.5) is 19.7 Å². The van der Waals surface area contributed by atoms with Gasteiger partial charge < -0.3 is 20.3 Å². The van der Waals surface area contributed by atoms with Gasteiger partial charge in [-0.05, 0) is 36.8 Å². The summed E-state index contributed by atoms with van der Waals surface area (Å²) in [7, 11) is 1.59. The second-order valence-corrected chi connectivity index (χ2v) is 8.64. The van der Waals surface area contributed by atoms with Crippen molar-refractivity contribution in [3.63, 3.8) is 0 Å². The number of piperazine rings is 1. The Labute approximate surface area is 209 Å². The highest BCUT2D eigenvalue weighted by molar-refractivity contribution is 5.95. The van der Waals surface area contributed by atoms with Crippen molar-refractivity contribution in [1.82, 2.24) is 20.0 Å². The number of halogens is 1. The highest BCUT2D eigenvalue weighted by Crippen LogP contribution is 2.32. The van der Waals surface area contributed by atoms with Crippen LogP contribution in [-0.2, 0) is 9.53 Å². The molecule has 2 aliphatic heterocycles. The van der Waals surface area contributed by atoms with Crippen LogP contribution in [0.3, 0.4) is 0 Å². The number of ether oxygens (including phenoxy) is 1. The van der Waals surface area contributed by atoms with Gasteiger partial charge in [0.05, 0.1) is 18.2 Å². The lowest BCUT2D eigenvalue weighted by Crippen LogP contribution is -2.53. The van der Waals surface area contributed by atoms with Crippen LogP contribution in [0.5, 0.6) is 0 Å². The van der Waals surface area contributed by atoms with Gasteiger partial charge in [0.1, 0.15) is 5.82 Å². The van der Waals surface area contributed by atoms with Crippen LogP contribution in [0.1, 0.15) is 18.5 Å². The van der Waals surface area contributed by atoms with Gasteiger partial charge in [-0.2, -0.15) is 0 Å². The molecule has 4 rings (SSSR count). The number of carbonyl (C=O) groups is 3. The fourth-order valence-corrected chi connectivity index (χ4v) is 4.38. The molecule has 36 heavy (non-hydrogen) atoms. The van der Waals surface area contributed by atoms with Gasteiger partial charge >= 0.3 is 18.0 Å². The molecule has 1 fully saturated rings. The summed E-state index contributed by atoms with van der Waals surface area (Å²) in [5.74, 6) is -1.02. The van der Waals surface area contributed by atoms with E-state index in [1.54, 1.807) is 24.9 Å². The first kappa shape index (κ1) is 25.2. The largest absolute Gasteiger partial charge is 0.463 e. The molecule has 1 atom stereocenters. The average molecular weight is 496 g/mol. The lowest BCUT2D eigenvalue weighted by molar-refractivity contribution is -0.139. The molecule has 10 heteroatoms. The minimum Gasteiger partial charge on any atom is -0.463 e. The maximum absolute atomic E-state index is 14.0. The summed E-state index contributed by atoms with van der Waals surface area (Å²) in [6.07, 6.45) is 0. The van der Waals surface area contributed by atoms with Crippen molar-refractivity contribution in [1.29, 1.82) is 0 Å². The van der Waals surface area contributed by atoms with Crippen molar-refractivity contribution >= 4 is 23.7 Å². The van der Waals surface area contributed by atoms with Gasteiger partial charge in [-0.1, -0.05) is 30.3 Å². The Morgan fingerprint density at radius 3 is 2.47 bits per heavy atom. The Balaban J connectivity index is 1.52. The van der Waals surface area contributed by atoms with Crippen LogP contribution in [0.25, 0.3) is 0 Å². The van der Waals surface area contributed by atoms with E-state index in [1.807, 2.05) is 30.3 Å². The summed E-state index contributed by atoms with van der Waals surface area (Å²) in [6, 6.07) is 13.7. The number of hydrogen-bond donors (Lipinski definition) is 2. The average Bonchev–Trinajstić information content (AvgIpc) is 2.87. The molecular weight excluding hydrogens is 465 g/mol. The zero-order valence-electron chi connectivity index (χ0n) is 20.4. The molecule has 4 amide bonds. The molecule has 2 heterocycles. The van der Waals surface area contributed by atoms with E-state index in [4.69, 9.17) is 4.74 Å². The lowest BCUT2D eigenvalue weighted by Gasteiger charge is -2.39. The summed E-state index contributed by atoms with van der Waals surface area (Å²) in [6.45, 7) is 4.27. The van der Waals surface area contributed by atoms with Crippen molar-refractivity contribution in [2.75, 3.05) is 51.7 Å². The molecule has 2 aromatic rings. The van der Waals surface area contributed by atoms with Crippen molar-refractivity contribution in [2.24, 2.45) is 0 Å². The van der Waals surface area contributed by atoms with Gasteiger partial charge in [-0.25, -0.2) is 18.8 Å². The van der Waals surface area contributed by atoms with Crippen LogP contribution in [0.15, 0.2) is 65.9 Å². The summed E-state index contributed by atoms with van der Waals surface area (Å²) in [5, 5.41) is 5.68. The van der Waals surface area contributed by atoms with Gasteiger partial charge in [-0.15, -0.1) is 0 Å². The third kappa shape index (κ3) is 5.65. The first-order chi connectivity index (χ1) is 17.4. The normalized spacial score (nSPS) is 18.6. The molecule has 0 bridgehead atoms. The second kappa shape index (κ2) is 11.2. The molecule has 0 aliphatic carbocycles. The molecule has 2 aliphatic rings. The van der Waals surface area contributed by atoms with Crippen LogP contribution in [0.2, 0.25) is 0 Å². The first-order valence-corrected chi connectivity index (χ1v) is 11.9. The predicted molar refractivity (Wildman–Crippen MR) is 133 cm³/mol. The highest BCUT2D eigenvalue weighted by atomic mass is 19.1. The minimum absolute atomic E-state index is 0.165. The second-order valence-electron chi connectivity index (χ2n) is 8.64. The summed E-state index contributed by atoms with van der Waals surface area (Å²) >= 11 is 0. The Bertz CT molecular complexity index is 1150. The van der Waals surface area contributed by atoms with Crippen molar-refractivity contribution in [2.45, 2.75) is 13.0 Å². The summed E-state index contributed by atoms with van der Waals surface area (Å²) < 4.78 is 19.3. The van der Waals surface area contributed by atoms with Crippen molar-refractivity contribution in [3.05, 3.63) is 77.2 Å². The first-order valence-electron chi connectivity index (χ1n) is 11.9. The quantitative estimate of drug-likeness (QED) is 0.601. The number of esters is 1. The standard InChI is InChI=1S/C26H30FN5O4/c1-3-36-24(33)22-21(30(2)25(34)29-23(22)18-8-7-9-19(27)16-18)17-31-12-14-32(15-13-31)26(35)28-20-10-5-4-6-11-20/h4-11,16,23H,3,12-15,17H2,1-2H3,(H,28,35)(H,29,34). The summed E-state index contributed by atoms with van der Waals surface area (Å²) in [4.78, 5) is 43.7. The maximum atomic E-state index is 14.0. The van der Waals surface area contributed by atoms with Gasteiger partial charge in [0.15, 0.2) is 0 Å². The van der Waals surface area contributed by atoms with Crippen LogP contribution in [0, 0.1) is 5.82 Å². The Morgan fingerprint density at radius 1 is 1.08 bits per heavy atom. The van der Waals surface area contributed by atoms with Crippen molar-refractivity contribution in [3.8, 4) is 0 Å². The number of para-hydroxylation sites is 1. The molecule has 0 radical (unpaired) electrons. The Kier molecular flexibility index (Phi) is 7.84. The fraction of sp³-hybridized carbons (Fsp3) is 0.346. The molecule has 2 N–H and O–H groups in total. The molecule has 0 spiro atoms. The number of urea groups is 2. The molecule has 2 aromatic carbocycles. The number of benzene rings is 2. The highest BCUT2D eigenvalue weighted by Gasteiger charge is 2.38. The van der Waals surface area contributed by atoms with Crippen LogP contribution < -0.4 is 10.6 Å². The van der Waals surface area contributed by atoms with Crippen LogP contribution in [-0.4, -0.2) is 79.1 Å². The smallest absolute Gasteiger partial charge is 0.338 e. The Hall–Kier alpha value is -3.92. The third-order valence-electron chi connectivity index (χ3n) is 6.31. The van der Waals surface area contributed by atoms with E-state index in [1.165, 1.54) is 23.1 Å². The predicted octanol–water partition coefficient (Wildman–Crippen LogP) is 3.19. The monoisotopic (exact) mass is 495 g/mol. The molecule has 9 nitrogen and oxygen atoms in total. The van der Waals surface area contributed by atoms with Gasteiger partial charge in [0.2, 0.25) is 0 Å². The molecule has 0 aromatic heterocycles. The zero-order chi connectivity index (χ0) is 25.7. The number of rotatable bonds is 6. The number of nitrogens with one attached hydrogen (secondary N) is 2. The van der Waals surface area contributed by atoms with Gasteiger partial charge in [-0.3, -0.25) is 9.80 Å². The number of likely N-dealkylation sites (N-methyl/N-ethyl adjacent to an activating group) is 1. The lowest BCUT2D eigenvalue weighted by atomic mass is 9.94. The van der Waals surface area contributed by atoms with E-state index in [9.17, 15) is 18.8 Å². The van der Waals surface area contributed by atoms with E-state index >= 15 is 0 Å². The number of nitrogens with zero attached hydrogens (tertiary/aromatic N) is 3. The minimum atomic E-state index is -0.837. The topological polar surface area (TPSA) is 94.2 Å². The zero-order valence-corrected chi connectivity index (χ0v) is 20.4. The van der Waals surface area contributed by atoms with Crippen molar-refractivity contribution < 1.29 is 23.5 Å². The van der Waals surface area contributed by atoms with Crippen LogP contribution >= 0.6 is 0 Å². The number of carbonyl (C=O) groups excluding carboxylic acids is 3.